The maximum Gasteiger partial charge on any atom is 0.0589 e. The van der Waals surface area contributed by atoms with E-state index in [-0.39, 0.29) is 0 Å². The largest absolute Gasteiger partial charge is 0.383 e. The zero-order chi connectivity index (χ0) is 12.0. The number of rotatable bonds is 6. The van der Waals surface area contributed by atoms with Crippen LogP contribution in [0, 0.1) is 0 Å². The minimum Gasteiger partial charge on any atom is -0.383 e. The van der Waals surface area contributed by atoms with Crippen molar-refractivity contribution in [1.29, 1.82) is 0 Å². The summed E-state index contributed by atoms with van der Waals surface area (Å²) in [4.78, 5) is 4.96. The van der Waals surface area contributed by atoms with Crippen LogP contribution in [0.5, 0.6) is 0 Å². The molecule has 0 bridgehead atoms. The Kier molecular flexibility index (Phi) is 6.32. The molecule has 16 heavy (non-hydrogen) atoms. The fraction of sp³-hybridized carbons (Fsp3) is 1.00. The number of hydrogen-bond donors (Lipinski definition) is 0. The topological polar surface area (TPSA) is 15.7 Å². The van der Waals surface area contributed by atoms with E-state index in [2.05, 4.69) is 30.8 Å². The SMILES string of the molecule is CCN(C)C1CCC(N(C)CCOC)CC1. The number of nitrogens with zero attached hydrogens (tertiary/aromatic N) is 2. The Morgan fingerprint density at radius 3 is 1.94 bits per heavy atom. The van der Waals surface area contributed by atoms with Gasteiger partial charge in [0.15, 0.2) is 0 Å². The molecule has 0 radical (unpaired) electrons. The predicted octanol–water partition coefficient (Wildman–Crippen LogP) is 1.83. The van der Waals surface area contributed by atoms with Gasteiger partial charge >= 0.3 is 0 Å². The third-order valence-electron chi connectivity index (χ3n) is 4.06. The molecule has 0 amide bonds. The van der Waals surface area contributed by atoms with Gasteiger partial charge in [-0.2, -0.15) is 0 Å². The van der Waals surface area contributed by atoms with Crippen molar-refractivity contribution in [3.63, 3.8) is 0 Å². The maximum atomic E-state index is 5.13. The average molecular weight is 228 g/mol. The molecule has 3 nitrogen and oxygen atoms in total. The summed E-state index contributed by atoms with van der Waals surface area (Å²) in [5.41, 5.74) is 0. The molecule has 0 aromatic rings. The molecule has 0 aliphatic heterocycles. The van der Waals surface area contributed by atoms with Gasteiger partial charge in [0, 0.05) is 25.7 Å². The van der Waals surface area contributed by atoms with Crippen LogP contribution in [0.15, 0.2) is 0 Å². The van der Waals surface area contributed by atoms with E-state index in [1.165, 1.54) is 32.2 Å². The second kappa shape index (κ2) is 7.25. The van der Waals surface area contributed by atoms with E-state index >= 15 is 0 Å². The Hall–Kier alpha value is -0.120. The monoisotopic (exact) mass is 228 g/mol. The van der Waals surface area contributed by atoms with Crippen molar-refractivity contribution in [1.82, 2.24) is 9.80 Å². The quantitative estimate of drug-likeness (QED) is 0.690. The molecule has 1 fully saturated rings. The minimum atomic E-state index is 0.775. The Bertz CT molecular complexity index is 179. The first-order valence-corrected chi connectivity index (χ1v) is 6.58. The van der Waals surface area contributed by atoms with Gasteiger partial charge in [-0.15, -0.1) is 0 Å². The molecule has 0 aromatic carbocycles. The van der Waals surface area contributed by atoms with Crippen molar-refractivity contribution in [2.45, 2.75) is 44.7 Å². The molecule has 96 valence electrons. The van der Waals surface area contributed by atoms with Crippen molar-refractivity contribution in [2.24, 2.45) is 0 Å². The fourth-order valence-corrected chi connectivity index (χ4v) is 2.62. The Balaban J connectivity index is 2.25. The molecule has 3 heteroatoms. The van der Waals surface area contributed by atoms with Crippen LogP contribution < -0.4 is 0 Å². The van der Waals surface area contributed by atoms with Crippen LogP contribution in [0.2, 0.25) is 0 Å². The fourth-order valence-electron chi connectivity index (χ4n) is 2.62. The van der Waals surface area contributed by atoms with Crippen LogP contribution in [0.25, 0.3) is 0 Å². The molecule has 1 aliphatic rings. The van der Waals surface area contributed by atoms with Gasteiger partial charge in [-0.3, -0.25) is 0 Å². The Morgan fingerprint density at radius 1 is 1.00 bits per heavy atom. The van der Waals surface area contributed by atoms with E-state index in [1.807, 2.05) is 0 Å². The standard InChI is InChI=1S/C13H28N2O/c1-5-14(2)12-6-8-13(9-7-12)15(3)10-11-16-4/h12-13H,5-11H2,1-4H3. The lowest BCUT2D eigenvalue weighted by atomic mass is 9.89. The van der Waals surface area contributed by atoms with Crippen molar-refractivity contribution in [2.75, 3.05) is 40.9 Å². The van der Waals surface area contributed by atoms with Gasteiger partial charge in [-0.1, -0.05) is 6.92 Å². The lowest BCUT2D eigenvalue weighted by Crippen LogP contribution is -2.42. The average Bonchev–Trinajstić information content (AvgIpc) is 2.35. The number of likely N-dealkylation sites (N-methyl/N-ethyl adjacent to an activating group) is 1. The van der Waals surface area contributed by atoms with E-state index < -0.39 is 0 Å². The van der Waals surface area contributed by atoms with Gasteiger partial charge < -0.3 is 14.5 Å². The van der Waals surface area contributed by atoms with E-state index in [9.17, 15) is 0 Å². The minimum absolute atomic E-state index is 0.775. The Labute approximate surface area is 101 Å². The van der Waals surface area contributed by atoms with Crippen molar-refractivity contribution in [3.05, 3.63) is 0 Å². The summed E-state index contributed by atoms with van der Waals surface area (Å²) in [7, 11) is 6.26. The Morgan fingerprint density at radius 2 is 1.50 bits per heavy atom. The van der Waals surface area contributed by atoms with Crippen LogP contribution in [0.1, 0.15) is 32.6 Å². The molecule has 1 rings (SSSR count). The zero-order valence-electron chi connectivity index (χ0n) is 11.4. The highest BCUT2D eigenvalue weighted by molar-refractivity contribution is 4.82. The summed E-state index contributed by atoms with van der Waals surface area (Å²) in [6, 6.07) is 1.59. The summed E-state index contributed by atoms with van der Waals surface area (Å²) in [5.74, 6) is 0. The second-order valence-electron chi connectivity index (χ2n) is 5.01. The number of methoxy groups -OCH3 is 1. The lowest BCUT2D eigenvalue weighted by Gasteiger charge is -2.37. The molecule has 0 atom stereocenters. The summed E-state index contributed by atoms with van der Waals surface area (Å²) in [6.45, 7) is 5.34. The second-order valence-corrected chi connectivity index (χ2v) is 5.01. The van der Waals surface area contributed by atoms with E-state index in [0.29, 0.717) is 0 Å². The number of ether oxygens (including phenoxy) is 1. The van der Waals surface area contributed by atoms with Crippen LogP contribution in [0.3, 0.4) is 0 Å². The third-order valence-corrected chi connectivity index (χ3v) is 4.06. The van der Waals surface area contributed by atoms with Crippen molar-refractivity contribution < 1.29 is 4.74 Å². The van der Waals surface area contributed by atoms with Gasteiger partial charge in [0.2, 0.25) is 0 Å². The molecule has 1 aliphatic carbocycles. The maximum absolute atomic E-state index is 5.13. The van der Waals surface area contributed by atoms with Crippen LogP contribution in [-0.2, 0) is 4.74 Å². The van der Waals surface area contributed by atoms with Crippen LogP contribution >= 0.6 is 0 Å². The van der Waals surface area contributed by atoms with E-state index in [0.717, 1.165) is 25.2 Å². The summed E-state index contributed by atoms with van der Waals surface area (Å²) in [5, 5.41) is 0. The molecular weight excluding hydrogens is 200 g/mol. The van der Waals surface area contributed by atoms with Crippen molar-refractivity contribution >= 4 is 0 Å². The van der Waals surface area contributed by atoms with Crippen LogP contribution in [-0.4, -0.2) is 62.8 Å². The molecule has 0 heterocycles. The highest BCUT2D eigenvalue weighted by Crippen LogP contribution is 2.25. The third kappa shape index (κ3) is 4.04. The zero-order valence-corrected chi connectivity index (χ0v) is 11.4. The predicted molar refractivity (Wildman–Crippen MR) is 68.9 cm³/mol. The van der Waals surface area contributed by atoms with Gasteiger partial charge in [0.1, 0.15) is 0 Å². The molecule has 0 N–H and O–H groups in total. The molecule has 1 saturated carbocycles. The highest BCUT2D eigenvalue weighted by atomic mass is 16.5. The first kappa shape index (κ1) is 13.9. The molecule has 0 unspecified atom stereocenters. The van der Waals surface area contributed by atoms with Gasteiger partial charge in [-0.25, -0.2) is 0 Å². The molecule has 0 saturated heterocycles. The normalized spacial score (nSPS) is 26.6. The van der Waals surface area contributed by atoms with Crippen LogP contribution in [0.4, 0.5) is 0 Å². The number of hydrogen-bond acceptors (Lipinski definition) is 3. The van der Waals surface area contributed by atoms with Gasteiger partial charge in [0.25, 0.3) is 0 Å². The molecule has 0 aromatic heterocycles. The molecular formula is C13H28N2O. The van der Waals surface area contributed by atoms with Gasteiger partial charge in [0.05, 0.1) is 6.61 Å². The van der Waals surface area contributed by atoms with E-state index in [4.69, 9.17) is 4.74 Å². The molecule has 0 spiro atoms. The first-order chi connectivity index (χ1) is 7.69. The van der Waals surface area contributed by atoms with E-state index in [1.54, 1.807) is 7.11 Å². The summed E-state index contributed by atoms with van der Waals surface area (Å²) in [6.07, 6.45) is 5.39. The smallest absolute Gasteiger partial charge is 0.0589 e. The van der Waals surface area contributed by atoms with Crippen molar-refractivity contribution in [3.8, 4) is 0 Å². The first-order valence-electron chi connectivity index (χ1n) is 6.58. The highest BCUT2D eigenvalue weighted by Gasteiger charge is 2.25. The lowest BCUT2D eigenvalue weighted by molar-refractivity contribution is 0.0988. The van der Waals surface area contributed by atoms with Gasteiger partial charge in [-0.05, 0) is 46.3 Å². The summed E-state index contributed by atoms with van der Waals surface area (Å²) < 4.78 is 5.13. The summed E-state index contributed by atoms with van der Waals surface area (Å²) >= 11 is 0.